The van der Waals surface area contributed by atoms with Crippen molar-refractivity contribution in [3.05, 3.63) is 35.6 Å². The number of nitrogens with two attached hydrogens (primary N) is 1. The SMILES string of the molecule is CC(CN)CN(C)Cc1cccc(F)c1. The molecule has 0 saturated heterocycles. The normalized spacial score (nSPS) is 13.1. The van der Waals surface area contributed by atoms with Crippen LogP contribution in [0, 0.1) is 11.7 Å². The molecule has 2 N–H and O–H groups in total. The minimum atomic E-state index is -0.173. The van der Waals surface area contributed by atoms with Gasteiger partial charge in [0.05, 0.1) is 0 Å². The maximum Gasteiger partial charge on any atom is 0.123 e. The molecule has 0 radical (unpaired) electrons. The first kappa shape index (κ1) is 12.1. The summed E-state index contributed by atoms with van der Waals surface area (Å²) in [7, 11) is 2.02. The topological polar surface area (TPSA) is 29.3 Å². The van der Waals surface area contributed by atoms with Crippen molar-refractivity contribution >= 4 is 0 Å². The molecule has 1 aromatic carbocycles. The van der Waals surface area contributed by atoms with Crippen LogP contribution >= 0.6 is 0 Å². The Morgan fingerprint density at radius 2 is 2.20 bits per heavy atom. The van der Waals surface area contributed by atoms with Crippen molar-refractivity contribution in [3.8, 4) is 0 Å². The van der Waals surface area contributed by atoms with E-state index in [1.165, 1.54) is 6.07 Å². The lowest BCUT2D eigenvalue weighted by molar-refractivity contribution is 0.281. The van der Waals surface area contributed by atoms with Crippen LogP contribution in [0.3, 0.4) is 0 Å². The van der Waals surface area contributed by atoms with Gasteiger partial charge in [-0.1, -0.05) is 19.1 Å². The number of rotatable bonds is 5. The highest BCUT2D eigenvalue weighted by molar-refractivity contribution is 5.15. The van der Waals surface area contributed by atoms with E-state index in [0.29, 0.717) is 12.5 Å². The minimum Gasteiger partial charge on any atom is -0.330 e. The first-order valence-electron chi connectivity index (χ1n) is 5.25. The van der Waals surface area contributed by atoms with E-state index < -0.39 is 0 Å². The predicted molar refractivity (Wildman–Crippen MR) is 61.0 cm³/mol. The summed E-state index contributed by atoms with van der Waals surface area (Å²) in [5, 5.41) is 0. The Morgan fingerprint density at radius 3 is 2.80 bits per heavy atom. The number of halogens is 1. The van der Waals surface area contributed by atoms with Crippen molar-refractivity contribution in [3.63, 3.8) is 0 Å². The van der Waals surface area contributed by atoms with E-state index >= 15 is 0 Å². The van der Waals surface area contributed by atoms with Gasteiger partial charge < -0.3 is 10.6 Å². The summed E-state index contributed by atoms with van der Waals surface area (Å²) in [5.74, 6) is 0.302. The first-order chi connectivity index (χ1) is 7.11. The molecule has 1 unspecified atom stereocenters. The zero-order valence-corrected chi connectivity index (χ0v) is 9.41. The van der Waals surface area contributed by atoms with E-state index in [4.69, 9.17) is 5.73 Å². The molecule has 0 amide bonds. The van der Waals surface area contributed by atoms with Crippen LogP contribution in [0.15, 0.2) is 24.3 Å². The third-order valence-electron chi connectivity index (χ3n) is 2.37. The fourth-order valence-electron chi connectivity index (χ4n) is 1.62. The molecule has 0 aliphatic carbocycles. The van der Waals surface area contributed by atoms with Gasteiger partial charge in [-0.25, -0.2) is 4.39 Å². The molecular weight excluding hydrogens is 191 g/mol. The van der Waals surface area contributed by atoms with Gasteiger partial charge in [0, 0.05) is 13.1 Å². The molecule has 2 nitrogen and oxygen atoms in total. The van der Waals surface area contributed by atoms with Gasteiger partial charge in [-0.2, -0.15) is 0 Å². The largest absolute Gasteiger partial charge is 0.330 e. The first-order valence-corrected chi connectivity index (χ1v) is 5.25. The molecule has 0 spiro atoms. The summed E-state index contributed by atoms with van der Waals surface area (Å²) in [6.07, 6.45) is 0. The van der Waals surface area contributed by atoms with Crippen LogP contribution < -0.4 is 5.73 Å². The number of nitrogens with zero attached hydrogens (tertiary/aromatic N) is 1. The highest BCUT2D eigenvalue weighted by Gasteiger charge is 2.05. The van der Waals surface area contributed by atoms with Gasteiger partial charge >= 0.3 is 0 Å². The summed E-state index contributed by atoms with van der Waals surface area (Å²) in [4.78, 5) is 2.16. The molecule has 0 bridgehead atoms. The molecule has 84 valence electrons. The average Bonchev–Trinajstić information content (AvgIpc) is 2.17. The maximum atomic E-state index is 12.9. The predicted octanol–water partition coefficient (Wildman–Crippen LogP) is 1.85. The van der Waals surface area contributed by atoms with Crippen LogP contribution in [0.1, 0.15) is 12.5 Å². The van der Waals surface area contributed by atoms with Gasteiger partial charge in [-0.3, -0.25) is 0 Å². The molecular formula is C12H19FN2. The molecule has 0 heterocycles. The zero-order chi connectivity index (χ0) is 11.3. The summed E-state index contributed by atoms with van der Waals surface area (Å²) in [6, 6.07) is 6.72. The quantitative estimate of drug-likeness (QED) is 0.803. The third-order valence-corrected chi connectivity index (χ3v) is 2.37. The van der Waals surface area contributed by atoms with Crippen molar-refractivity contribution in [2.75, 3.05) is 20.1 Å². The molecule has 1 atom stereocenters. The van der Waals surface area contributed by atoms with Crippen LogP contribution in [0.2, 0.25) is 0 Å². The van der Waals surface area contributed by atoms with Crippen LogP contribution in [0.25, 0.3) is 0 Å². The zero-order valence-electron chi connectivity index (χ0n) is 9.41. The fourth-order valence-corrected chi connectivity index (χ4v) is 1.62. The van der Waals surface area contributed by atoms with E-state index in [2.05, 4.69) is 11.8 Å². The van der Waals surface area contributed by atoms with Crippen LogP contribution in [0.4, 0.5) is 4.39 Å². The fraction of sp³-hybridized carbons (Fsp3) is 0.500. The van der Waals surface area contributed by atoms with Gasteiger partial charge in [0.2, 0.25) is 0 Å². The molecule has 0 aliphatic rings. The second kappa shape index (κ2) is 5.83. The van der Waals surface area contributed by atoms with Crippen LogP contribution in [0.5, 0.6) is 0 Å². The standard InChI is InChI=1S/C12H19FN2/c1-10(7-14)8-15(2)9-11-4-3-5-12(13)6-11/h3-6,10H,7-9,14H2,1-2H3. The number of hydrogen-bond acceptors (Lipinski definition) is 2. The maximum absolute atomic E-state index is 12.9. The van der Waals surface area contributed by atoms with Gasteiger partial charge in [-0.05, 0) is 37.2 Å². The molecule has 0 aliphatic heterocycles. The number of hydrogen-bond donors (Lipinski definition) is 1. The van der Waals surface area contributed by atoms with Crippen molar-refractivity contribution in [2.45, 2.75) is 13.5 Å². The summed E-state index contributed by atoms with van der Waals surface area (Å²) in [6.45, 7) is 4.50. The van der Waals surface area contributed by atoms with Crippen molar-refractivity contribution < 1.29 is 4.39 Å². The molecule has 3 heteroatoms. The average molecular weight is 210 g/mol. The van der Waals surface area contributed by atoms with Crippen molar-refractivity contribution in [1.29, 1.82) is 0 Å². The Morgan fingerprint density at radius 1 is 1.47 bits per heavy atom. The van der Waals surface area contributed by atoms with Gasteiger partial charge in [-0.15, -0.1) is 0 Å². The molecule has 0 aromatic heterocycles. The summed E-state index contributed by atoms with van der Waals surface area (Å²) in [5.41, 5.74) is 6.55. The number of benzene rings is 1. The van der Waals surface area contributed by atoms with E-state index in [-0.39, 0.29) is 5.82 Å². The third kappa shape index (κ3) is 4.40. The van der Waals surface area contributed by atoms with Crippen molar-refractivity contribution in [1.82, 2.24) is 4.90 Å². The molecule has 0 saturated carbocycles. The van der Waals surface area contributed by atoms with Crippen molar-refractivity contribution in [2.24, 2.45) is 11.7 Å². The van der Waals surface area contributed by atoms with E-state index in [9.17, 15) is 4.39 Å². The molecule has 1 aromatic rings. The Kier molecular flexibility index (Phi) is 4.72. The second-order valence-corrected chi connectivity index (χ2v) is 4.17. The van der Waals surface area contributed by atoms with E-state index in [0.717, 1.165) is 18.7 Å². The summed E-state index contributed by atoms with van der Waals surface area (Å²) >= 11 is 0. The minimum absolute atomic E-state index is 0.173. The lowest BCUT2D eigenvalue weighted by atomic mass is 10.1. The Balaban J connectivity index is 2.47. The van der Waals surface area contributed by atoms with Gasteiger partial charge in [0.1, 0.15) is 5.82 Å². The highest BCUT2D eigenvalue weighted by Crippen LogP contribution is 2.07. The Bertz CT molecular complexity index is 301. The van der Waals surface area contributed by atoms with Gasteiger partial charge in [0.25, 0.3) is 0 Å². The lowest BCUT2D eigenvalue weighted by Gasteiger charge is -2.20. The molecule has 15 heavy (non-hydrogen) atoms. The van der Waals surface area contributed by atoms with Crippen LogP contribution in [-0.4, -0.2) is 25.0 Å². The van der Waals surface area contributed by atoms with Crippen LogP contribution in [-0.2, 0) is 6.54 Å². The Hall–Kier alpha value is -0.930. The second-order valence-electron chi connectivity index (χ2n) is 4.17. The summed E-state index contributed by atoms with van der Waals surface area (Å²) < 4.78 is 12.9. The Labute approximate surface area is 90.9 Å². The van der Waals surface area contributed by atoms with E-state index in [1.54, 1.807) is 12.1 Å². The lowest BCUT2D eigenvalue weighted by Crippen LogP contribution is -2.28. The van der Waals surface area contributed by atoms with E-state index in [1.807, 2.05) is 13.1 Å². The highest BCUT2D eigenvalue weighted by atomic mass is 19.1. The molecule has 0 fully saturated rings. The monoisotopic (exact) mass is 210 g/mol. The van der Waals surface area contributed by atoms with Gasteiger partial charge in [0.15, 0.2) is 0 Å². The smallest absolute Gasteiger partial charge is 0.123 e. The molecule has 1 rings (SSSR count).